The third-order valence-corrected chi connectivity index (χ3v) is 2.99. The summed E-state index contributed by atoms with van der Waals surface area (Å²) < 4.78 is 6.95. The Morgan fingerprint density at radius 1 is 1.32 bits per heavy atom. The number of carbonyl (C=O) groups is 1. The average Bonchev–Trinajstić information content (AvgIpc) is 2.66. The van der Waals surface area contributed by atoms with E-state index < -0.39 is 0 Å². The monoisotopic (exact) mass is 258 g/mol. The van der Waals surface area contributed by atoms with Gasteiger partial charge in [-0.25, -0.2) is 4.79 Å². The van der Waals surface area contributed by atoms with Gasteiger partial charge in [0.2, 0.25) is 0 Å². The SMILES string of the molecule is CCOC(=O)c1c(N)cc(C)n1Cc1ccccc1. The number of hydrogen-bond donors (Lipinski definition) is 1. The molecule has 1 aromatic heterocycles. The van der Waals surface area contributed by atoms with Crippen molar-refractivity contribution in [2.24, 2.45) is 0 Å². The highest BCUT2D eigenvalue weighted by atomic mass is 16.5. The Balaban J connectivity index is 2.37. The second kappa shape index (κ2) is 5.61. The topological polar surface area (TPSA) is 57.2 Å². The lowest BCUT2D eigenvalue weighted by molar-refractivity contribution is 0.0515. The van der Waals surface area contributed by atoms with E-state index >= 15 is 0 Å². The zero-order valence-corrected chi connectivity index (χ0v) is 11.2. The molecular weight excluding hydrogens is 240 g/mol. The summed E-state index contributed by atoms with van der Waals surface area (Å²) >= 11 is 0. The molecule has 2 N–H and O–H groups in total. The Kier molecular flexibility index (Phi) is 3.90. The normalized spacial score (nSPS) is 10.4. The molecule has 4 heteroatoms. The number of nitrogens with two attached hydrogens (primary N) is 1. The fraction of sp³-hybridized carbons (Fsp3) is 0.267. The zero-order valence-electron chi connectivity index (χ0n) is 11.2. The molecule has 0 unspecified atom stereocenters. The first-order chi connectivity index (χ1) is 9.13. The number of nitrogen functional groups attached to an aromatic ring is 1. The van der Waals surface area contributed by atoms with Crippen molar-refractivity contribution >= 4 is 11.7 Å². The quantitative estimate of drug-likeness (QED) is 0.858. The van der Waals surface area contributed by atoms with E-state index in [9.17, 15) is 4.79 Å². The maximum atomic E-state index is 12.0. The van der Waals surface area contributed by atoms with Crippen molar-refractivity contribution in [1.82, 2.24) is 4.57 Å². The van der Waals surface area contributed by atoms with Crippen LogP contribution in [0.15, 0.2) is 36.4 Å². The van der Waals surface area contributed by atoms with Crippen molar-refractivity contribution in [3.8, 4) is 0 Å². The van der Waals surface area contributed by atoms with Gasteiger partial charge < -0.3 is 15.0 Å². The number of carbonyl (C=O) groups excluding carboxylic acids is 1. The minimum atomic E-state index is -0.371. The van der Waals surface area contributed by atoms with Gasteiger partial charge in [-0.2, -0.15) is 0 Å². The molecule has 1 aromatic carbocycles. The number of aryl methyl sites for hydroxylation is 1. The van der Waals surface area contributed by atoms with E-state index in [0.717, 1.165) is 11.3 Å². The summed E-state index contributed by atoms with van der Waals surface area (Å²) in [7, 11) is 0. The highest BCUT2D eigenvalue weighted by Gasteiger charge is 2.19. The molecule has 0 radical (unpaired) electrons. The van der Waals surface area contributed by atoms with Crippen molar-refractivity contribution in [2.45, 2.75) is 20.4 Å². The Morgan fingerprint density at radius 3 is 2.63 bits per heavy atom. The standard InChI is InChI=1S/C15H18N2O2/c1-3-19-15(18)14-13(16)9-11(2)17(14)10-12-7-5-4-6-8-12/h4-9H,3,10,16H2,1-2H3. The third kappa shape index (κ3) is 2.78. The minimum Gasteiger partial charge on any atom is -0.461 e. The predicted molar refractivity (Wildman–Crippen MR) is 75.1 cm³/mol. The summed E-state index contributed by atoms with van der Waals surface area (Å²) in [6, 6.07) is 11.8. The van der Waals surface area contributed by atoms with Crippen molar-refractivity contribution in [1.29, 1.82) is 0 Å². The number of esters is 1. The minimum absolute atomic E-state index is 0.341. The van der Waals surface area contributed by atoms with Crippen LogP contribution < -0.4 is 5.73 Å². The Morgan fingerprint density at radius 2 is 2.00 bits per heavy atom. The smallest absolute Gasteiger partial charge is 0.357 e. The van der Waals surface area contributed by atoms with Crippen molar-refractivity contribution in [2.75, 3.05) is 12.3 Å². The van der Waals surface area contributed by atoms with Crippen LogP contribution in [0.5, 0.6) is 0 Å². The molecule has 0 aliphatic heterocycles. The average molecular weight is 258 g/mol. The third-order valence-electron chi connectivity index (χ3n) is 2.99. The summed E-state index contributed by atoms with van der Waals surface area (Å²) in [4.78, 5) is 12.0. The molecule has 0 amide bonds. The molecule has 0 bridgehead atoms. The predicted octanol–water partition coefficient (Wildman–Crippen LogP) is 2.60. The summed E-state index contributed by atoms with van der Waals surface area (Å²) in [5.74, 6) is -0.371. The lowest BCUT2D eigenvalue weighted by atomic mass is 10.2. The van der Waals surface area contributed by atoms with Crippen LogP contribution in [0.2, 0.25) is 0 Å². The van der Waals surface area contributed by atoms with Crippen molar-refractivity contribution in [3.05, 3.63) is 53.3 Å². The van der Waals surface area contributed by atoms with Crippen LogP contribution in [0.3, 0.4) is 0 Å². The van der Waals surface area contributed by atoms with Gasteiger partial charge in [0.25, 0.3) is 0 Å². The molecule has 19 heavy (non-hydrogen) atoms. The van der Waals surface area contributed by atoms with E-state index in [4.69, 9.17) is 10.5 Å². The molecule has 0 saturated carbocycles. The van der Waals surface area contributed by atoms with Crippen molar-refractivity contribution in [3.63, 3.8) is 0 Å². The van der Waals surface area contributed by atoms with E-state index in [1.54, 1.807) is 13.0 Å². The molecule has 0 aliphatic rings. The number of nitrogens with zero attached hydrogens (tertiary/aromatic N) is 1. The summed E-state index contributed by atoms with van der Waals surface area (Å²) in [5.41, 5.74) is 8.87. The van der Waals surface area contributed by atoms with Gasteiger partial charge in [0, 0.05) is 12.2 Å². The van der Waals surface area contributed by atoms with Gasteiger partial charge in [0.1, 0.15) is 0 Å². The molecule has 0 fully saturated rings. The lowest BCUT2D eigenvalue weighted by Crippen LogP contribution is -2.15. The van der Waals surface area contributed by atoms with Crippen LogP contribution in [0, 0.1) is 6.92 Å². The lowest BCUT2D eigenvalue weighted by Gasteiger charge is -2.11. The van der Waals surface area contributed by atoms with Gasteiger partial charge in [-0.3, -0.25) is 0 Å². The number of aromatic nitrogens is 1. The Hall–Kier alpha value is -2.23. The largest absolute Gasteiger partial charge is 0.461 e. The van der Waals surface area contributed by atoms with Gasteiger partial charge in [-0.1, -0.05) is 30.3 Å². The number of ether oxygens (including phenoxy) is 1. The maximum absolute atomic E-state index is 12.0. The van der Waals surface area contributed by atoms with Crippen molar-refractivity contribution < 1.29 is 9.53 Å². The molecular formula is C15H18N2O2. The zero-order chi connectivity index (χ0) is 13.8. The van der Waals surface area contributed by atoms with E-state index in [-0.39, 0.29) is 5.97 Å². The first-order valence-electron chi connectivity index (χ1n) is 6.30. The Bertz CT molecular complexity index is 573. The number of benzene rings is 1. The van der Waals surface area contributed by atoms with Crippen LogP contribution in [0.4, 0.5) is 5.69 Å². The molecule has 0 saturated heterocycles. The molecule has 4 nitrogen and oxygen atoms in total. The van der Waals surface area contributed by atoms with Gasteiger partial charge in [0.15, 0.2) is 5.69 Å². The van der Waals surface area contributed by atoms with Crippen LogP contribution in [0.25, 0.3) is 0 Å². The fourth-order valence-corrected chi connectivity index (χ4v) is 2.10. The van der Waals surface area contributed by atoms with Crippen LogP contribution in [-0.4, -0.2) is 17.1 Å². The first kappa shape index (κ1) is 13.2. The number of rotatable bonds is 4. The molecule has 0 atom stereocenters. The van der Waals surface area contributed by atoms with Crippen LogP contribution in [-0.2, 0) is 11.3 Å². The van der Waals surface area contributed by atoms with Gasteiger partial charge >= 0.3 is 5.97 Å². The molecule has 1 heterocycles. The number of anilines is 1. The first-order valence-corrected chi connectivity index (χ1v) is 6.30. The summed E-state index contributed by atoms with van der Waals surface area (Å²) in [6.45, 7) is 4.67. The Labute approximate surface area is 112 Å². The second-order valence-corrected chi connectivity index (χ2v) is 4.38. The number of hydrogen-bond acceptors (Lipinski definition) is 3. The van der Waals surface area contributed by atoms with E-state index in [2.05, 4.69) is 0 Å². The van der Waals surface area contributed by atoms with E-state index in [1.165, 1.54) is 0 Å². The van der Waals surface area contributed by atoms with E-state index in [0.29, 0.717) is 24.5 Å². The molecule has 0 aliphatic carbocycles. The van der Waals surface area contributed by atoms with Crippen LogP contribution >= 0.6 is 0 Å². The molecule has 0 spiro atoms. The van der Waals surface area contributed by atoms with Gasteiger partial charge in [-0.15, -0.1) is 0 Å². The molecule has 2 rings (SSSR count). The van der Waals surface area contributed by atoms with Gasteiger partial charge in [-0.05, 0) is 25.5 Å². The summed E-state index contributed by atoms with van der Waals surface area (Å²) in [5, 5.41) is 0. The van der Waals surface area contributed by atoms with E-state index in [1.807, 2.05) is 41.8 Å². The highest BCUT2D eigenvalue weighted by molar-refractivity contribution is 5.94. The summed E-state index contributed by atoms with van der Waals surface area (Å²) in [6.07, 6.45) is 0. The highest BCUT2D eigenvalue weighted by Crippen LogP contribution is 2.20. The van der Waals surface area contributed by atoms with Crippen LogP contribution in [0.1, 0.15) is 28.7 Å². The maximum Gasteiger partial charge on any atom is 0.357 e. The molecule has 2 aromatic rings. The van der Waals surface area contributed by atoms with Gasteiger partial charge in [0.05, 0.1) is 12.3 Å². The second-order valence-electron chi connectivity index (χ2n) is 4.38. The fourth-order valence-electron chi connectivity index (χ4n) is 2.10. The molecule has 100 valence electrons.